The SMILES string of the molecule is Cc1ccc(C#N)c2c3c([nH]c12)C(CCC(F)(F)F)(CC(=O)O)OCC3. The van der Waals surface area contributed by atoms with Crippen molar-refractivity contribution in [3.05, 3.63) is 34.5 Å². The van der Waals surface area contributed by atoms with Crippen molar-refractivity contribution in [2.24, 2.45) is 0 Å². The van der Waals surface area contributed by atoms with Crippen LogP contribution in [0, 0.1) is 18.3 Å². The monoisotopic (exact) mass is 366 g/mol. The zero-order chi connectivity index (χ0) is 19.1. The molecule has 1 aromatic heterocycles. The minimum absolute atomic E-state index is 0.101. The van der Waals surface area contributed by atoms with Crippen LogP contribution in [0.15, 0.2) is 12.1 Å². The third-order valence-corrected chi connectivity index (χ3v) is 4.82. The quantitative estimate of drug-likeness (QED) is 0.858. The maximum Gasteiger partial charge on any atom is 0.389 e. The summed E-state index contributed by atoms with van der Waals surface area (Å²) < 4.78 is 44.1. The van der Waals surface area contributed by atoms with E-state index < -0.39 is 37.0 Å². The lowest BCUT2D eigenvalue weighted by atomic mass is 9.84. The van der Waals surface area contributed by atoms with Crippen LogP contribution in [0.4, 0.5) is 13.2 Å². The normalized spacial score (nSPS) is 20.0. The van der Waals surface area contributed by atoms with Crippen LogP contribution in [0.3, 0.4) is 0 Å². The number of H-pyrrole nitrogens is 1. The molecule has 0 saturated carbocycles. The third-order valence-electron chi connectivity index (χ3n) is 4.82. The van der Waals surface area contributed by atoms with E-state index in [2.05, 4.69) is 11.1 Å². The first-order chi connectivity index (χ1) is 12.2. The number of aromatic nitrogens is 1. The Morgan fingerprint density at radius 3 is 2.81 bits per heavy atom. The average molecular weight is 366 g/mol. The number of aryl methyl sites for hydroxylation is 1. The van der Waals surface area contributed by atoms with Crippen LogP contribution in [-0.4, -0.2) is 28.8 Å². The van der Waals surface area contributed by atoms with E-state index in [1.54, 1.807) is 12.1 Å². The van der Waals surface area contributed by atoms with Crippen LogP contribution in [0.5, 0.6) is 0 Å². The van der Waals surface area contributed by atoms with Crippen LogP contribution >= 0.6 is 0 Å². The molecule has 0 spiro atoms. The number of carboxylic acid groups (broad SMARTS) is 1. The molecule has 0 saturated heterocycles. The van der Waals surface area contributed by atoms with Crippen molar-refractivity contribution in [3.63, 3.8) is 0 Å². The highest BCUT2D eigenvalue weighted by Crippen LogP contribution is 2.45. The summed E-state index contributed by atoms with van der Waals surface area (Å²) in [6.45, 7) is 1.92. The van der Waals surface area contributed by atoms with Crippen molar-refractivity contribution in [1.82, 2.24) is 4.98 Å². The Morgan fingerprint density at radius 1 is 1.46 bits per heavy atom. The number of fused-ring (bicyclic) bond motifs is 3. The van der Waals surface area contributed by atoms with Crippen LogP contribution < -0.4 is 0 Å². The van der Waals surface area contributed by atoms with Gasteiger partial charge in [0.15, 0.2) is 0 Å². The van der Waals surface area contributed by atoms with Gasteiger partial charge in [0.05, 0.1) is 35.9 Å². The number of halogens is 3. The molecule has 1 unspecified atom stereocenters. The molecule has 1 atom stereocenters. The number of ether oxygens (including phenoxy) is 1. The second-order valence-electron chi connectivity index (χ2n) is 6.55. The molecule has 3 rings (SSSR count). The number of benzene rings is 1. The number of aliphatic carboxylic acids is 1. The number of nitrogens with one attached hydrogen (secondary N) is 1. The van der Waals surface area contributed by atoms with Gasteiger partial charge in [0.25, 0.3) is 0 Å². The first-order valence-corrected chi connectivity index (χ1v) is 8.14. The molecule has 0 fully saturated rings. The lowest BCUT2D eigenvalue weighted by molar-refractivity contribution is -0.167. The largest absolute Gasteiger partial charge is 0.481 e. The predicted octanol–water partition coefficient (Wildman–Crippen LogP) is 3.93. The molecule has 26 heavy (non-hydrogen) atoms. The van der Waals surface area contributed by atoms with Gasteiger partial charge < -0.3 is 14.8 Å². The van der Waals surface area contributed by atoms with E-state index in [-0.39, 0.29) is 6.61 Å². The summed E-state index contributed by atoms with van der Waals surface area (Å²) in [6, 6.07) is 5.51. The highest BCUT2D eigenvalue weighted by molar-refractivity contribution is 5.93. The second kappa shape index (κ2) is 6.32. The Bertz CT molecular complexity index is 911. The van der Waals surface area contributed by atoms with Gasteiger partial charge in [-0.15, -0.1) is 0 Å². The Hall–Kier alpha value is -2.53. The summed E-state index contributed by atoms with van der Waals surface area (Å²) in [7, 11) is 0. The highest BCUT2D eigenvalue weighted by atomic mass is 19.4. The molecule has 138 valence electrons. The first-order valence-electron chi connectivity index (χ1n) is 8.14. The topological polar surface area (TPSA) is 86.1 Å². The lowest BCUT2D eigenvalue weighted by Crippen LogP contribution is -2.39. The molecular formula is C18H17F3N2O3. The van der Waals surface area contributed by atoms with Crippen LogP contribution in [0.2, 0.25) is 0 Å². The number of nitrogens with zero attached hydrogens (tertiary/aromatic N) is 1. The van der Waals surface area contributed by atoms with Gasteiger partial charge in [-0.3, -0.25) is 4.79 Å². The van der Waals surface area contributed by atoms with Crippen LogP contribution in [0.1, 0.15) is 41.6 Å². The minimum Gasteiger partial charge on any atom is -0.481 e. The Morgan fingerprint density at radius 2 is 2.19 bits per heavy atom. The van der Waals surface area contributed by atoms with E-state index in [1.165, 1.54) is 0 Å². The van der Waals surface area contributed by atoms with Crippen molar-refractivity contribution in [2.75, 3.05) is 6.61 Å². The fraction of sp³-hybridized carbons (Fsp3) is 0.444. The summed E-state index contributed by atoms with van der Waals surface area (Å²) in [5.41, 5.74) is 1.30. The van der Waals surface area contributed by atoms with Gasteiger partial charge in [-0.1, -0.05) is 6.07 Å². The molecule has 2 aromatic rings. The predicted molar refractivity (Wildman–Crippen MR) is 86.6 cm³/mol. The van der Waals surface area contributed by atoms with Crippen molar-refractivity contribution >= 4 is 16.9 Å². The van der Waals surface area contributed by atoms with Gasteiger partial charge in [-0.25, -0.2) is 0 Å². The molecule has 1 aliphatic heterocycles. The summed E-state index contributed by atoms with van der Waals surface area (Å²) in [5, 5.41) is 19.3. The first kappa shape index (κ1) is 18.3. The zero-order valence-corrected chi connectivity index (χ0v) is 14.0. The lowest BCUT2D eigenvalue weighted by Gasteiger charge is -2.36. The number of hydrogen-bond donors (Lipinski definition) is 2. The number of alkyl halides is 3. The average Bonchev–Trinajstić information content (AvgIpc) is 2.95. The molecular weight excluding hydrogens is 349 g/mol. The molecule has 2 N–H and O–H groups in total. The molecule has 2 heterocycles. The van der Waals surface area contributed by atoms with Gasteiger partial charge in [0, 0.05) is 11.8 Å². The van der Waals surface area contributed by atoms with E-state index in [4.69, 9.17) is 4.74 Å². The molecule has 0 radical (unpaired) electrons. The summed E-state index contributed by atoms with van der Waals surface area (Å²) >= 11 is 0. The minimum atomic E-state index is -4.42. The van der Waals surface area contributed by atoms with E-state index in [0.29, 0.717) is 34.1 Å². The zero-order valence-electron chi connectivity index (χ0n) is 14.0. The van der Waals surface area contributed by atoms with Gasteiger partial charge in [-0.2, -0.15) is 18.4 Å². The van der Waals surface area contributed by atoms with Crippen LogP contribution in [-0.2, 0) is 21.6 Å². The van der Waals surface area contributed by atoms with Crippen molar-refractivity contribution < 1.29 is 27.8 Å². The van der Waals surface area contributed by atoms with Gasteiger partial charge >= 0.3 is 12.1 Å². The Balaban J connectivity index is 2.22. The number of hydrogen-bond acceptors (Lipinski definition) is 3. The second-order valence-corrected chi connectivity index (χ2v) is 6.55. The van der Waals surface area contributed by atoms with E-state index in [0.717, 1.165) is 5.56 Å². The number of aromatic amines is 1. The number of carbonyl (C=O) groups is 1. The third kappa shape index (κ3) is 3.15. The fourth-order valence-corrected chi connectivity index (χ4v) is 3.67. The van der Waals surface area contributed by atoms with Crippen LogP contribution in [0.25, 0.3) is 10.9 Å². The van der Waals surface area contributed by atoms with E-state index in [9.17, 15) is 28.3 Å². The van der Waals surface area contributed by atoms with Crippen molar-refractivity contribution in [2.45, 2.75) is 44.4 Å². The number of nitriles is 1. The molecule has 0 amide bonds. The number of carboxylic acids is 1. The standard InChI is InChI=1S/C18H17F3N2O3/c1-10-2-3-11(9-22)14-12-4-7-26-17(8-13(24)25,5-6-18(19,20)21)16(12)23-15(10)14/h2-3,23H,4-8H2,1H3,(H,24,25). The van der Waals surface area contributed by atoms with E-state index >= 15 is 0 Å². The summed E-state index contributed by atoms with van der Waals surface area (Å²) in [5.74, 6) is -1.24. The Labute approximate surface area is 147 Å². The van der Waals surface area contributed by atoms with Crippen molar-refractivity contribution in [1.29, 1.82) is 5.26 Å². The van der Waals surface area contributed by atoms with Crippen molar-refractivity contribution in [3.8, 4) is 6.07 Å². The fourth-order valence-electron chi connectivity index (χ4n) is 3.67. The molecule has 5 nitrogen and oxygen atoms in total. The van der Waals surface area contributed by atoms with E-state index in [1.807, 2.05) is 6.92 Å². The maximum atomic E-state index is 12.8. The maximum absolute atomic E-state index is 12.8. The van der Waals surface area contributed by atoms with Gasteiger partial charge in [0.1, 0.15) is 5.60 Å². The summed E-state index contributed by atoms with van der Waals surface area (Å²) in [6.07, 6.45) is -6.25. The molecule has 0 bridgehead atoms. The Kier molecular flexibility index (Phi) is 4.44. The summed E-state index contributed by atoms with van der Waals surface area (Å²) in [4.78, 5) is 14.5. The highest BCUT2D eigenvalue weighted by Gasteiger charge is 2.45. The van der Waals surface area contributed by atoms with Gasteiger partial charge in [-0.05, 0) is 37.0 Å². The molecule has 1 aliphatic rings. The molecule has 0 aliphatic carbocycles. The molecule has 8 heteroatoms. The number of rotatable bonds is 4. The van der Waals surface area contributed by atoms with Gasteiger partial charge in [0.2, 0.25) is 0 Å². The molecule has 1 aromatic carbocycles. The smallest absolute Gasteiger partial charge is 0.389 e.